The standard InChI is InChI=1S/C21H20Cl2N4OS/c22-15-6-7-17(18(23)12-15)19-14-29-21(25-16-4-1-8-24-13-16)27(19)11-3-10-26-9-2-5-20(26)28/h1,4,6-8,12-14H,2-3,5,9-11H2/p+1. The van der Waals surface area contributed by atoms with E-state index in [2.05, 4.69) is 20.2 Å². The van der Waals surface area contributed by atoms with Gasteiger partial charge in [0.05, 0.1) is 17.8 Å². The molecule has 1 fully saturated rings. The van der Waals surface area contributed by atoms with Crippen molar-refractivity contribution in [3.8, 4) is 11.3 Å². The number of likely N-dealkylation sites (tertiary alicyclic amines) is 1. The van der Waals surface area contributed by atoms with Crippen LogP contribution in [0.15, 0.2) is 48.1 Å². The Hall–Kier alpha value is -2.15. The number of carbonyl (C=O) groups excluding carboxylic acids is 1. The molecule has 29 heavy (non-hydrogen) atoms. The Balaban J connectivity index is 1.60. The summed E-state index contributed by atoms with van der Waals surface area (Å²) in [6.07, 6.45) is 6.05. The Morgan fingerprint density at radius 1 is 1.28 bits per heavy atom. The van der Waals surface area contributed by atoms with Crippen molar-refractivity contribution < 1.29 is 9.36 Å². The molecule has 1 aliphatic rings. The van der Waals surface area contributed by atoms with Gasteiger partial charge in [-0.25, -0.2) is 9.88 Å². The van der Waals surface area contributed by atoms with E-state index >= 15 is 0 Å². The molecular formula is C21H21Cl2N4OS+. The average molecular weight is 448 g/mol. The van der Waals surface area contributed by atoms with Crippen molar-refractivity contribution in [2.75, 3.05) is 18.4 Å². The Morgan fingerprint density at radius 2 is 2.17 bits per heavy atom. The molecule has 3 aromatic rings. The SMILES string of the molecule is O=C1CCCN1CCC[n+]1c(-c2ccc(Cl)cc2Cl)csc1Nc1cccnc1. The lowest BCUT2D eigenvalue weighted by atomic mass is 10.1. The molecule has 0 bridgehead atoms. The first-order chi connectivity index (χ1) is 14.1. The lowest BCUT2D eigenvalue weighted by Gasteiger charge is -2.15. The number of pyridine rings is 1. The lowest BCUT2D eigenvalue weighted by molar-refractivity contribution is -0.668. The quantitative estimate of drug-likeness (QED) is 0.508. The summed E-state index contributed by atoms with van der Waals surface area (Å²) in [4.78, 5) is 18.0. The van der Waals surface area contributed by atoms with E-state index < -0.39 is 0 Å². The van der Waals surface area contributed by atoms with Crippen LogP contribution < -0.4 is 9.88 Å². The molecule has 0 atom stereocenters. The van der Waals surface area contributed by atoms with E-state index in [0.717, 1.165) is 54.6 Å². The van der Waals surface area contributed by atoms with Gasteiger partial charge >= 0.3 is 5.13 Å². The number of benzene rings is 1. The van der Waals surface area contributed by atoms with Gasteiger partial charge in [-0.15, -0.1) is 0 Å². The van der Waals surface area contributed by atoms with Gasteiger partial charge in [-0.2, -0.15) is 0 Å². The molecule has 0 radical (unpaired) electrons. The minimum Gasteiger partial charge on any atom is -0.343 e. The van der Waals surface area contributed by atoms with E-state index in [1.807, 2.05) is 29.2 Å². The van der Waals surface area contributed by atoms with Gasteiger partial charge in [0.25, 0.3) is 0 Å². The molecular weight excluding hydrogens is 427 g/mol. The van der Waals surface area contributed by atoms with E-state index in [-0.39, 0.29) is 5.91 Å². The molecule has 3 heterocycles. The van der Waals surface area contributed by atoms with Crippen LogP contribution >= 0.6 is 34.5 Å². The summed E-state index contributed by atoms with van der Waals surface area (Å²) in [6.45, 7) is 2.40. The van der Waals surface area contributed by atoms with Crippen LogP contribution in [0, 0.1) is 0 Å². The fourth-order valence-electron chi connectivity index (χ4n) is 3.49. The van der Waals surface area contributed by atoms with Gasteiger partial charge in [-0.05, 0) is 36.8 Å². The number of halogens is 2. The highest BCUT2D eigenvalue weighted by Crippen LogP contribution is 2.32. The minimum atomic E-state index is 0.259. The maximum atomic E-state index is 11.9. The van der Waals surface area contributed by atoms with E-state index in [0.29, 0.717) is 16.5 Å². The van der Waals surface area contributed by atoms with Crippen LogP contribution in [-0.2, 0) is 11.3 Å². The Bertz CT molecular complexity index is 1010. The highest BCUT2D eigenvalue weighted by atomic mass is 35.5. The molecule has 5 nitrogen and oxygen atoms in total. The molecule has 1 aliphatic heterocycles. The van der Waals surface area contributed by atoms with Crippen molar-refractivity contribution in [1.82, 2.24) is 9.88 Å². The topological polar surface area (TPSA) is 49.1 Å². The highest BCUT2D eigenvalue weighted by molar-refractivity contribution is 7.13. The van der Waals surface area contributed by atoms with Crippen LogP contribution in [0.25, 0.3) is 11.3 Å². The third-order valence-electron chi connectivity index (χ3n) is 4.92. The van der Waals surface area contributed by atoms with Gasteiger partial charge in [0.2, 0.25) is 5.91 Å². The maximum Gasteiger partial charge on any atom is 0.339 e. The van der Waals surface area contributed by atoms with E-state index in [4.69, 9.17) is 23.2 Å². The van der Waals surface area contributed by atoms with Crippen LogP contribution in [0.1, 0.15) is 19.3 Å². The van der Waals surface area contributed by atoms with Gasteiger partial charge in [-0.3, -0.25) is 9.78 Å². The number of rotatable bonds is 7. The molecule has 0 spiro atoms. The smallest absolute Gasteiger partial charge is 0.339 e. The predicted molar refractivity (Wildman–Crippen MR) is 118 cm³/mol. The molecule has 0 unspecified atom stereocenters. The normalized spacial score (nSPS) is 13.9. The number of hydrogen-bond acceptors (Lipinski definition) is 4. The van der Waals surface area contributed by atoms with Crippen LogP contribution in [0.3, 0.4) is 0 Å². The Morgan fingerprint density at radius 3 is 2.90 bits per heavy atom. The summed E-state index contributed by atoms with van der Waals surface area (Å²) in [5, 5.41) is 7.76. The fourth-order valence-corrected chi connectivity index (χ4v) is 4.97. The summed E-state index contributed by atoms with van der Waals surface area (Å²) in [7, 11) is 0. The summed E-state index contributed by atoms with van der Waals surface area (Å²) < 4.78 is 2.22. The van der Waals surface area contributed by atoms with Gasteiger partial charge in [0.15, 0.2) is 0 Å². The van der Waals surface area contributed by atoms with Gasteiger partial charge < -0.3 is 4.90 Å². The summed E-state index contributed by atoms with van der Waals surface area (Å²) in [5.41, 5.74) is 2.88. The van der Waals surface area contributed by atoms with E-state index in [1.165, 1.54) is 0 Å². The lowest BCUT2D eigenvalue weighted by Crippen LogP contribution is -2.38. The molecule has 1 N–H and O–H groups in total. The molecule has 4 rings (SSSR count). The molecule has 0 saturated carbocycles. The van der Waals surface area contributed by atoms with E-state index in [1.54, 1.807) is 29.8 Å². The van der Waals surface area contributed by atoms with Crippen molar-refractivity contribution >= 4 is 51.3 Å². The van der Waals surface area contributed by atoms with Crippen LogP contribution in [0.4, 0.5) is 10.8 Å². The molecule has 8 heteroatoms. The van der Waals surface area contributed by atoms with Crippen LogP contribution in [0.2, 0.25) is 10.0 Å². The molecule has 1 aromatic carbocycles. The van der Waals surface area contributed by atoms with Crippen molar-refractivity contribution in [3.05, 3.63) is 58.2 Å². The van der Waals surface area contributed by atoms with E-state index in [9.17, 15) is 4.79 Å². The number of anilines is 2. The summed E-state index contributed by atoms with van der Waals surface area (Å²) in [6, 6.07) is 9.44. The monoisotopic (exact) mass is 447 g/mol. The summed E-state index contributed by atoms with van der Waals surface area (Å²) in [5.74, 6) is 0.259. The zero-order valence-corrected chi connectivity index (χ0v) is 18.1. The van der Waals surface area contributed by atoms with Crippen LogP contribution in [0.5, 0.6) is 0 Å². The van der Waals surface area contributed by atoms with Gasteiger partial charge in [0.1, 0.15) is 11.4 Å². The molecule has 1 saturated heterocycles. The third kappa shape index (κ3) is 4.71. The second kappa shape index (κ2) is 9.11. The summed E-state index contributed by atoms with van der Waals surface area (Å²) >= 11 is 14.2. The first-order valence-electron chi connectivity index (χ1n) is 9.53. The number of nitrogens with one attached hydrogen (secondary N) is 1. The van der Waals surface area contributed by atoms with Gasteiger partial charge in [-0.1, -0.05) is 34.5 Å². The molecule has 2 aromatic heterocycles. The predicted octanol–water partition coefficient (Wildman–Crippen LogP) is 5.16. The minimum absolute atomic E-state index is 0.259. The zero-order chi connectivity index (χ0) is 20.2. The van der Waals surface area contributed by atoms with Crippen molar-refractivity contribution in [2.24, 2.45) is 0 Å². The number of nitrogens with zero attached hydrogens (tertiary/aromatic N) is 3. The number of amides is 1. The second-order valence-corrected chi connectivity index (χ2v) is 8.61. The number of thiazole rings is 1. The Kier molecular flexibility index (Phi) is 6.33. The largest absolute Gasteiger partial charge is 0.343 e. The Labute approximate surface area is 183 Å². The maximum absolute atomic E-state index is 11.9. The van der Waals surface area contributed by atoms with Gasteiger partial charge in [0, 0.05) is 48.1 Å². The first kappa shape index (κ1) is 20.1. The van der Waals surface area contributed by atoms with Crippen molar-refractivity contribution in [2.45, 2.75) is 25.8 Å². The fraction of sp³-hybridized carbons (Fsp3) is 0.286. The zero-order valence-electron chi connectivity index (χ0n) is 15.8. The third-order valence-corrected chi connectivity index (χ3v) is 6.35. The molecule has 1 amide bonds. The number of aromatic nitrogens is 2. The average Bonchev–Trinajstić information content (AvgIpc) is 3.29. The number of carbonyl (C=O) groups is 1. The first-order valence-corrected chi connectivity index (χ1v) is 11.2. The van der Waals surface area contributed by atoms with Crippen molar-refractivity contribution in [1.29, 1.82) is 0 Å². The molecule has 150 valence electrons. The number of hydrogen-bond donors (Lipinski definition) is 1. The van der Waals surface area contributed by atoms with Crippen LogP contribution in [-0.4, -0.2) is 28.9 Å². The second-order valence-electron chi connectivity index (χ2n) is 6.91. The highest BCUT2D eigenvalue weighted by Gasteiger charge is 2.23. The van der Waals surface area contributed by atoms with Crippen molar-refractivity contribution in [3.63, 3.8) is 0 Å². The molecule has 0 aliphatic carbocycles.